The van der Waals surface area contributed by atoms with E-state index >= 15 is 0 Å². The first-order chi connectivity index (χ1) is 17.2. The van der Waals surface area contributed by atoms with Gasteiger partial charge in [0.15, 0.2) is 17.3 Å². The molecule has 9 nitrogen and oxygen atoms in total. The fourth-order valence-electron chi connectivity index (χ4n) is 4.87. The van der Waals surface area contributed by atoms with E-state index in [1.165, 1.54) is 0 Å². The number of hydrogen-bond acceptors (Lipinski definition) is 9. The molecule has 2 aromatic heterocycles. The lowest BCUT2D eigenvalue weighted by atomic mass is 10.0. The molecular weight excluding hydrogens is 448 g/mol. The third-order valence-corrected chi connectivity index (χ3v) is 6.67. The molecule has 2 aliphatic rings. The highest BCUT2D eigenvalue weighted by molar-refractivity contribution is 5.94. The van der Waals surface area contributed by atoms with E-state index in [0.717, 1.165) is 48.2 Å². The molecule has 0 bridgehead atoms. The lowest BCUT2D eigenvalue weighted by molar-refractivity contribution is -0.169. The number of piperidine rings is 1. The monoisotopic (exact) mass is 474 g/mol. The van der Waals surface area contributed by atoms with Crippen LogP contribution in [0.3, 0.4) is 0 Å². The number of nitrogens with zero attached hydrogens (tertiary/aromatic N) is 4. The molecule has 0 radical (unpaired) electrons. The van der Waals surface area contributed by atoms with Gasteiger partial charge in [-0.15, -0.1) is 0 Å². The second-order valence-electron chi connectivity index (χ2n) is 8.60. The van der Waals surface area contributed by atoms with Gasteiger partial charge in [-0.3, -0.25) is 0 Å². The maximum atomic E-state index is 5.89. The molecule has 2 saturated heterocycles. The van der Waals surface area contributed by atoms with Crippen LogP contribution in [0.1, 0.15) is 12.8 Å². The summed E-state index contributed by atoms with van der Waals surface area (Å²) in [4.78, 5) is 11.9. The van der Waals surface area contributed by atoms with Crippen LogP contribution in [0.2, 0.25) is 0 Å². The largest absolute Gasteiger partial charge is 0.493 e. The quantitative estimate of drug-likeness (QED) is 0.419. The molecule has 35 heavy (non-hydrogen) atoms. The standard InChI is InChI=1S/C26H26N4O5/c1-31-21-9-5-7-18(23(21)32-2)24-28-25(35-29-24)19-16-22(27-20-8-4-3-6-17(19)20)30-12-10-26(11-13-30)33-14-15-34-26/h3-9,16H,10-15H2,1-2H3. The first-order valence-electron chi connectivity index (χ1n) is 11.7. The van der Waals surface area contributed by atoms with Crippen LogP contribution in [0.5, 0.6) is 11.5 Å². The average molecular weight is 475 g/mol. The van der Waals surface area contributed by atoms with Crippen molar-refractivity contribution in [3.05, 3.63) is 48.5 Å². The van der Waals surface area contributed by atoms with Crippen LogP contribution in [0, 0.1) is 0 Å². The van der Waals surface area contributed by atoms with Gasteiger partial charge in [-0.1, -0.05) is 29.4 Å². The molecule has 0 unspecified atom stereocenters. The minimum atomic E-state index is -0.437. The first kappa shape index (κ1) is 21.8. The number of fused-ring (bicyclic) bond motifs is 1. The van der Waals surface area contributed by atoms with Crippen molar-refractivity contribution in [3.8, 4) is 34.3 Å². The summed E-state index contributed by atoms with van der Waals surface area (Å²) in [5.41, 5.74) is 2.39. The molecule has 0 atom stereocenters. The summed E-state index contributed by atoms with van der Waals surface area (Å²) in [7, 11) is 3.19. The molecule has 0 aliphatic carbocycles. The Balaban J connectivity index is 1.38. The summed E-state index contributed by atoms with van der Waals surface area (Å²) >= 11 is 0. The minimum absolute atomic E-state index is 0.417. The highest BCUT2D eigenvalue weighted by atomic mass is 16.7. The number of hydrogen-bond donors (Lipinski definition) is 0. The van der Waals surface area contributed by atoms with Crippen molar-refractivity contribution < 1.29 is 23.5 Å². The fourth-order valence-corrected chi connectivity index (χ4v) is 4.87. The van der Waals surface area contributed by atoms with Crippen molar-refractivity contribution in [2.24, 2.45) is 0 Å². The van der Waals surface area contributed by atoms with E-state index in [-0.39, 0.29) is 0 Å². The summed E-state index contributed by atoms with van der Waals surface area (Å²) in [6.07, 6.45) is 1.61. The van der Waals surface area contributed by atoms with Crippen LogP contribution in [0.4, 0.5) is 5.82 Å². The predicted octanol–water partition coefficient (Wildman–Crippen LogP) is 4.31. The number of aromatic nitrogens is 3. The lowest BCUT2D eigenvalue weighted by Gasteiger charge is -2.38. The van der Waals surface area contributed by atoms with E-state index < -0.39 is 5.79 Å². The van der Waals surface area contributed by atoms with Crippen LogP contribution >= 0.6 is 0 Å². The summed E-state index contributed by atoms with van der Waals surface area (Å²) in [5, 5.41) is 5.20. The lowest BCUT2D eigenvalue weighted by Crippen LogP contribution is -2.45. The molecule has 2 aliphatic heterocycles. The Morgan fingerprint density at radius 3 is 2.46 bits per heavy atom. The van der Waals surface area contributed by atoms with Gasteiger partial charge in [0.25, 0.3) is 5.89 Å². The predicted molar refractivity (Wildman–Crippen MR) is 130 cm³/mol. The molecule has 0 saturated carbocycles. The van der Waals surface area contributed by atoms with Gasteiger partial charge in [-0.05, 0) is 24.3 Å². The van der Waals surface area contributed by atoms with E-state index in [9.17, 15) is 0 Å². The first-order valence-corrected chi connectivity index (χ1v) is 11.7. The molecular formula is C26H26N4O5. The van der Waals surface area contributed by atoms with Crippen LogP contribution in [0.15, 0.2) is 53.1 Å². The van der Waals surface area contributed by atoms with Crippen LogP contribution in [-0.2, 0) is 9.47 Å². The van der Waals surface area contributed by atoms with Crippen LogP contribution < -0.4 is 14.4 Å². The molecule has 2 fully saturated rings. The number of benzene rings is 2. The maximum Gasteiger partial charge on any atom is 0.259 e. The Morgan fingerprint density at radius 1 is 0.886 bits per heavy atom. The minimum Gasteiger partial charge on any atom is -0.493 e. The van der Waals surface area contributed by atoms with Crippen molar-refractivity contribution in [2.75, 3.05) is 45.4 Å². The molecule has 1 spiro atoms. The normalized spacial score (nSPS) is 17.3. The topological polar surface area (TPSA) is 92.0 Å². The van der Waals surface area contributed by atoms with Gasteiger partial charge >= 0.3 is 0 Å². The third kappa shape index (κ3) is 3.86. The molecule has 4 aromatic rings. The second-order valence-corrected chi connectivity index (χ2v) is 8.60. The Bertz CT molecular complexity index is 1360. The SMILES string of the molecule is COc1cccc(-c2noc(-c3cc(N4CCC5(CC4)OCCO5)nc4ccccc34)n2)c1OC. The number of anilines is 1. The van der Waals surface area contributed by atoms with E-state index in [1.807, 2.05) is 48.5 Å². The average Bonchev–Trinajstić information content (AvgIpc) is 3.58. The summed E-state index contributed by atoms with van der Waals surface area (Å²) in [6.45, 7) is 2.91. The van der Waals surface area contributed by atoms with E-state index in [1.54, 1.807) is 14.2 Å². The van der Waals surface area contributed by atoms with Gasteiger partial charge in [-0.2, -0.15) is 4.98 Å². The van der Waals surface area contributed by atoms with Gasteiger partial charge in [-0.25, -0.2) is 4.98 Å². The van der Waals surface area contributed by atoms with Crippen molar-refractivity contribution in [3.63, 3.8) is 0 Å². The number of pyridine rings is 1. The van der Waals surface area contributed by atoms with Gasteiger partial charge in [0.1, 0.15) is 5.82 Å². The number of ether oxygens (including phenoxy) is 4. The van der Waals surface area contributed by atoms with E-state index in [2.05, 4.69) is 10.1 Å². The van der Waals surface area contributed by atoms with Crippen LogP contribution in [-0.4, -0.2) is 61.4 Å². The van der Waals surface area contributed by atoms with Crippen molar-refractivity contribution in [1.29, 1.82) is 0 Å². The molecule has 0 N–H and O–H groups in total. The van der Waals surface area contributed by atoms with Gasteiger partial charge in [0.05, 0.1) is 44.1 Å². The fraction of sp³-hybridized carbons (Fsp3) is 0.346. The number of rotatable bonds is 5. The third-order valence-electron chi connectivity index (χ3n) is 6.67. The van der Waals surface area contributed by atoms with Gasteiger partial charge < -0.3 is 28.4 Å². The second kappa shape index (κ2) is 8.83. The van der Waals surface area contributed by atoms with Crippen LogP contribution in [0.25, 0.3) is 33.7 Å². The molecule has 180 valence electrons. The molecule has 6 rings (SSSR count). The molecule has 9 heteroatoms. The van der Waals surface area contributed by atoms with Gasteiger partial charge in [0, 0.05) is 31.3 Å². The van der Waals surface area contributed by atoms with Crippen molar-refractivity contribution in [1.82, 2.24) is 15.1 Å². The Kier molecular flexibility index (Phi) is 5.50. The zero-order chi connectivity index (χ0) is 23.8. The van der Waals surface area contributed by atoms with Crippen molar-refractivity contribution in [2.45, 2.75) is 18.6 Å². The number of methoxy groups -OCH3 is 2. The molecule has 4 heterocycles. The summed E-state index contributed by atoms with van der Waals surface area (Å²) < 4.78 is 28.5. The Morgan fingerprint density at radius 2 is 1.69 bits per heavy atom. The Hall–Kier alpha value is -3.69. The highest BCUT2D eigenvalue weighted by Gasteiger charge is 2.40. The Labute approximate surface area is 202 Å². The summed E-state index contributed by atoms with van der Waals surface area (Å²) in [5.74, 6) is 2.43. The summed E-state index contributed by atoms with van der Waals surface area (Å²) in [6, 6.07) is 15.6. The van der Waals surface area contributed by atoms with Crippen molar-refractivity contribution >= 4 is 16.7 Å². The zero-order valence-electron chi connectivity index (χ0n) is 19.7. The number of para-hydroxylation sites is 2. The van der Waals surface area contributed by atoms with Gasteiger partial charge in [0.2, 0.25) is 5.82 Å². The molecule has 0 amide bonds. The zero-order valence-corrected chi connectivity index (χ0v) is 19.7. The highest BCUT2D eigenvalue weighted by Crippen LogP contribution is 2.39. The molecule has 2 aromatic carbocycles. The van der Waals surface area contributed by atoms with E-state index in [4.69, 9.17) is 33.4 Å². The smallest absolute Gasteiger partial charge is 0.259 e. The van der Waals surface area contributed by atoms with E-state index in [0.29, 0.717) is 42.0 Å². The maximum absolute atomic E-state index is 5.89.